The third-order valence-corrected chi connectivity index (χ3v) is 15.6. The SMILES string of the molecule is COc1cc(C(N)=O)cc2nc(NC(=O)C(C=C(C)N)=NCCO)n(C/C=C/Cn3c(NC(=O)C(C=C(C)N)=NCCO)nc4cc(C(N)=O)cc(OCCCN5CCN(CCOCCOCCOCCOCCOCCOCCOCCOCCOCCOCCNC(=O)CN6C(=O)C=CC6=O)CC5)c43)c12. The monoisotopic (exact) mass is 1500 g/mol. The first-order valence-electron chi connectivity index (χ1n) is 35.2. The molecular formula is C70H104N16O21. The van der Waals surface area contributed by atoms with Crippen LogP contribution in [-0.4, -0.2) is 321 Å². The van der Waals surface area contributed by atoms with Crippen LogP contribution in [0.3, 0.4) is 0 Å². The van der Waals surface area contributed by atoms with Crippen molar-refractivity contribution in [3.8, 4) is 11.5 Å². The number of nitrogens with zero attached hydrogens (tertiary/aromatic N) is 9. The fourth-order valence-electron chi connectivity index (χ4n) is 10.4. The van der Waals surface area contributed by atoms with Crippen LogP contribution in [0.4, 0.5) is 11.9 Å². The van der Waals surface area contributed by atoms with E-state index in [2.05, 4.69) is 40.7 Å². The molecule has 0 bridgehead atoms. The van der Waals surface area contributed by atoms with Crippen molar-refractivity contribution in [3.63, 3.8) is 0 Å². The maximum absolute atomic E-state index is 13.9. The van der Waals surface area contributed by atoms with Gasteiger partial charge in [-0.25, -0.2) is 9.97 Å². The second-order valence-electron chi connectivity index (χ2n) is 23.8. The lowest BCUT2D eigenvalue weighted by Gasteiger charge is -2.34. The Bertz CT molecular complexity index is 3650. The minimum absolute atomic E-state index is 0.0340. The van der Waals surface area contributed by atoms with Crippen molar-refractivity contribution in [2.75, 3.05) is 235 Å². The highest BCUT2D eigenvalue weighted by Crippen LogP contribution is 2.33. The van der Waals surface area contributed by atoms with E-state index >= 15 is 0 Å². The summed E-state index contributed by atoms with van der Waals surface area (Å²) in [6, 6.07) is 5.95. The summed E-state index contributed by atoms with van der Waals surface area (Å²) in [6.45, 7) is 15.9. The Balaban J connectivity index is 0.835. The summed E-state index contributed by atoms with van der Waals surface area (Å²) in [7, 11) is 1.41. The molecule has 0 radical (unpaired) electrons. The number of fused-ring (bicyclic) bond motifs is 2. The lowest BCUT2D eigenvalue weighted by molar-refractivity contribution is -0.141. The van der Waals surface area contributed by atoms with Gasteiger partial charge in [0, 0.05) is 93.6 Å². The predicted molar refractivity (Wildman–Crippen MR) is 394 cm³/mol. The quantitative estimate of drug-likeness (QED) is 0.0110. The number of amides is 7. The van der Waals surface area contributed by atoms with Gasteiger partial charge >= 0.3 is 0 Å². The average molecular weight is 1510 g/mol. The molecule has 2 aliphatic heterocycles. The van der Waals surface area contributed by atoms with E-state index < -0.39 is 41.4 Å². The molecular weight excluding hydrogens is 1400 g/mol. The average Bonchev–Trinajstić information content (AvgIpc) is 1.63. The minimum atomic E-state index is -0.734. The standard InChI is InChI=1S/C70H104N16O21/c1-50(71)43-56(75-9-20-87)67(94)80-69-78-54-45-52(65(73)92)47-58(96-3)63(54)84(69)13-4-5-14-85-64-55(79-70(85)81-68(95)57(44-51(2)72)76-10-21-88)46-53(66(74)93)48-59(64)107-22-6-12-82-15-17-83(18-16-82)19-24-98-26-28-100-30-32-102-34-36-104-38-40-106-42-41-105-39-37-103-35-33-101-31-29-99-27-25-97-23-11-77-60(89)49-86-61(90)7-8-62(86)91/h4-5,7-8,43-48,87-88H,6,9-42,49,71-72H2,1-3H3,(H2,73,92)(H2,74,93)(H,77,89)(H,78,80,94)(H,79,81,95)/b5-4+,50-43?,51-44?,75-56?,76-57?. The number of rotatable bonds is 57. The van der Waals surface area contributed by atoms with E-state index in [4.69, 9.17) is 84.8 Å². The molecule has 2 aliphatic rings. The van der Waals surface area contributed by atoms with E-state index in [1.54, 1.807) is 35.1 Å². The van der Waals surface area contributed by atoms with E-state index in [1.165, 1.54) is 43.5 Å². The number of carbonyl (C=O) groups excluding carboxylic acids is 7. The van der Waals surface area contributed by atoms with E-state index in [0.717, 1.165) is 56.3 Å². The third kappa shape index (κ3) is 31.7. The van der Waals surface area contributed by atoms with Gasteiger partial charge < -0.3 is 109 Å². The number of nitrogens with two attached hydrogens (primary N) is 4. The molecule has 0 saturated carbocycles. The normalized spacial score (nSPS) is 14.2. The van der Waals surface area contributed by atoms with E-state index in [9.17, 15) is 43.8 Å². The molecule has 6 rings (SSSR count). The van der Waals surface area contributed by atoms with Gasteiger partial charge in [-0.15, -0.1) is 0 Å². The second-order valence-corrected chi connectivity index (χ2v) is 23.8. The maximum Gasteiger partial charge on any atom is 0.276 e. The number of carbonyl (C=O) groups is 7. The first-order chi connectivity index (χ1) is 51.9. The van der Waals surface area contributed by atoms with Crippen LogP contribution >= 0.6 is 0 Å². The summed E-state index contributed by atoms with van der Waals surface area (Å²) in [4.78, 5) is 111. The van der Waals surface area contributed by atoms with Crippen LogP contribution < -0.4 is 48.4 Å². The number of aliphatic hydroxyl groups is 2. The first kappa shape index (κ1) is 86.7. The van der Waals surface area contributed by atoms with Gasteiger partial charge in [0.2, 0.25) is 29.6 Å². The minimum Gasteiger partial charge on any atom is -0.494 e. The number of anilines is 2. The number of hydrogen-bond acceptors (Lipinski definition) is 29. The zero-order chi connectivity index (χ0) is 77.0. The zero-order valence-corrected chi connectivity index (χ0v) is 61.2. The number of benzene rings is 2. The molecule has 4 heterocycles. The number of nitrogens with one attached hydrogen (secondary N) is 3. The fraction of sp³-hybridized carbons (Fsp3) is 0.557. The summed E-state index contributed by atoms with van der Waals surface area (Å²) < 4.78 is 71.1. The second kappa shape index (κ2) is 49.6. The number of aliphatic imine (C=N–C) groups is 2. The zero-order valence-electron chi connectivity index (χ0n) is 61.2. The van der Waals surface area contributed by atoms with E-state index in [-0.39, 0.29) is 134 Å². The van der Waals surface area contributed by atoms with Gasteiger partial charge in [0.15, 0.2) is 0 Å². The molecule has 13 N–H and O–H groups in total. The van der Waals surface area contributed by atoms with E-state index in [1.807, 2.05) is 0 Å². The first-order valence-corrected chi connectivity index (χ1v) is 35.2. The Morgan fingerprint density at radius 1 is 0.514 bits per heavy atom. The van der Waals surface area contributed by atoms with Crippen LogP contribution in [0.1, 0.15) is 41.0 Å². The van der Waals surface area contributed by atoms with Gasteiger partial charge in [-0.3, -0.25) is 64.0 Å². The van der Waals surface area contributed by atoms with Crippen molar-refractivity contribution in [2.24, 2.45) is 32.9 Å². The summed E-state index contributed by atoms with van der Waals surface area (Å²) in [5.74, 6) is -3.73. The van der Waals surface area contributed by atoms with Crippen molar-refractivity contribution in [2.45, 2.75) is 33.4 Å². The van der Waals surface area contributed by atoms with Crippen LogP contribution in [0.15, 0.2) is 82.1 Å². The van der Waals surface area contributed by atoms with Gasteiger partial charge in [-0.2, -0.15) is 0 Å². The van der Waals surface area contributed by atoms with Crippen molar-refractivity contribution < 1.29 is 101 Å². The third-order valence-electron chi connectivity index (χ3n) is 15.6. The Hall–Kier alpha value is -9.19. The number of aliphatic hydroxyl groups excluding tert-OH is 2. The van der Waals surface area contributed by atoms with Gasteiger partial charge in [0.1, 0.15) is 40.5 Å². The smallest absolute Gasteiger partial charge is 0.276 e. The number of aromatic nitrogens is 4. The Labute approximate surface area is 620 Å². The largest absolute Gasteiger partial charge is 0.494 e. The molecule has 7 amide bonds. The number of imidazole rings is 2. The topological polar surface area (TPSA) is 481 Å². The molecule has 1 saturated heterocycles. The molecule has 4 aromatic rings. The number of hydrogen-bond donors (Lipinski definition) is 9. The highest BCUT2D eigenvalue weighted by atomic mass is 16.6. The van der Waals surface area contributed by atoms with Gasteiger partial charge in [0.05, 0.1) is 183 Å². The molecule has 0 atom stereocenters. The summed E-state index contributed by atoms with van der Waals surface area (Å²) >= 11 is 0. The molecule has 107 heavy (non-hydrogen) atoms. The highest BCUT2D eigenvalue weighted by molar-refractivity contribution is 6.47. The lowest BCUT2D eigenvalue weighted by atomic mass is 10.1. The Kier molecular flexibility index (Phi) is 40.2. The summed E-state index contributed by atoms with van der Waals surface area (Å²) in [5, 5.41) is 27.2. The van der Waals surface area contributed by atoms with Crippen LogP contribution in [0, 0.1) is 0 Å². The predicted octanol–water partition coefficient (Wildman–Crippen LogP) is -1.09. The number of piperazine rings is 1. The number of primary amides is 2. The molecule has 37 heteroatoms. The number of allylic oxidation sites excluding steroid dienone is 4. The van der Waals surface area contributed by atoms with Crippen molar-refractivity contribution in [1.82, 2.24) is 39.1 Å². The molecule has 37 nitrogen and oxygen atoms in total. The molecule has 2 aromatic carbocycles. The maximum atomic E-state index is 13.9. The Morgan fingerprint density at radius 3 is 1.27 bits per heavy atom. The molecule has 0 aliphatic carbocycles. The summed E-state index contributed by atoms with van der Waals surface area (Å²) in [5.41, 5.74) is 25.4. The lowest BCUT2D eigenvalue weighted by Crippen LogP contribution is -2.47. The van der Waals surface area contributed by atoms with E-state index in [0.29, 0.717) is 143 Å². The van der Waals surface area contributed by atoms with Crippen LogP contribution in [0.5, 0.6) is 11.5 Å². The fourth-order valence-corrected chi connectivity index (χ4v) is 10.4. The molecule has 1 fully saturated rings. The number of methoxy groups -OCH3 is 1. The van der Waals surface area contributed by atoms with Crippen molar-refractivity contribution in [3.05, 3.63) is 83.2 Å². The molecule has 0 unspecified atom stereocenters. The van der Waals surface area contributed by atoms with Crippen molar-refractivity contribution >= 4 is 86.7 Å². The molecule has 0 spiro atoms. The summed E-state index contributed by atoms with van der Waals surface area (Å²) in [6.07, 6.45) is 9.12. The van der Waals surface area contributed by atoms with Gasteiger partial charge in [-0.05, 0) is 56.7 Å². The van der Waals surface area contributed by atoms with Crippen LogP contribution in [0.25, 0.3) is 22.1 Å². The van der Waals surface area contributed by atoms with Gasteiger partial charge in [0.25, 0.3) is 23.6 Å². The van der Waals surface area contributed by atoms with Crippen molar-refractivity contribution in [1.29, 1.82) is 0 Å². The number of ether oxygens (including phenoxy) is 12. The Morgan fingerprint density at radius 2 is 0.888 bits per heavy atom. The number of imide groups is 1. The highest BCUT2D eigenvalue weighted by Gasteiger charge is 2.27. The molecule has 590 valence electrons. The van der Waals surface area contributed by atoms with Crippen LogP contribution in [0.2, 0.25) is 0 Å². The van der Waals surface area contributed by atoms with Crippen LogP contribution in [-0.2, 0) is 84.4 Å². The molecule has 2 aromatic heterocycles. The van der Waals surface area contributed by atoms with Gasteiger partial charge in [-0.1, -0.05) is 12.2 Å².